The molecule has 3 rings (SSSR count). The number of rotatable bonds is 7. The van der Waals surface area contributed by atoms with Crippen LogP contribution in [-0.2, 0) is 10.5 Å². The first kappa shape index (κ1) is 19.2. The van der Waals surface area contributed by atoms with Crippen LogP contribution in [0.25, 0.3) is 0 Å². The van der Waals surface area contributed by atoms with Gasteiger partial charge in [-0.2, -0.15) is 17.0 Å². The van der Waals surface area contributed by atoms with E-state index in [0.29, 0.717) is 36.7 Å². The highest BCUT2D eigenvalue weighted by molar-refractivity contribution is 7.98. The van der Waals surface area contributed by atoms with E-state index < -0.39 is 0 Å². The van der Waals surface area contributed by atoms with Crippen LogP contribution < -0.4 is 10.2 Å². The van der Waals surface area contributed by atoms with Crippen LogP contribution in [0.1, 0.15) is 21.5 Å². The van der Waals surface area contributed by atoms with Gasteiger partial charge in [-0.3, -0.25) is 4.79 Å². The Morgan fingerprint density at radius 1 is 1.26 bits per heavy atom. The van der Waals surface area contributed by atoms with Gasteiger partial charge in [-0.05, 0) is 23.8 Å². The molecule has 0 bridgehead atoms. The van der Waals surface area contributed by atoms with Crippen LogP contribution in [0.2, 0.25) is 0 Å². The van der Waals surface area contributed by atoms with Crippen molar-refractivity contribution in [2.24, 2.45) is 0 Å². The topological polar surface area (TPSA) is 78.2 Å². The number of thioether (sulfide) groups is 1. The summed E-state index contributed by atoms with van der Waals surface area (Å²) in [6, 6.07) is 13.4. The lowest BCUT2D eigenvalue weighted by Crippen LogP contribution is -2.38. The smallest absolute Gasteiger partial charge is 0.255 e. The number of pyridine rings is 1. The van der Waals surface area contributed by atoms with Gasteiger partial charge in [-0.15, -0.1) is 0 Å². The molecule has 0 saturated carbocycles. The van der Waals surface area contributed by atoms with Crippen LogP contribution in [0.15, 0.2) is 42.6 Å². The normalized spacial score (nSPS) is 13.8. The zero-order chi connectivity index (χ0) is 18.9. The number of morpholine rings is 1. The number of hydrogen-bond donors (Lipinski definition) is 1. The minimum absolute atomic E-state index is 0.109. The fraction of sp³-hybridized carbons (Fsp3) is 0.350. The van der Waals surface area contributed by atoms with Crippen LogP contribution in [-0.4, -0.2) is 49.5 Å². The highest BCUT2D eigenvalue weighted by Crippen LogP contribution is 2.19. The Kier molecular flexibility index (Phi) is 7.08. The molecule has 0 unspecified atom stereocenters. The number of amides is 1. The molecule has 1 saturated heterocycles. The Balaban J connectivity index is 1.49. The molecule has 6 nitrogen and oxygen atoms in total. The fourth-order valence-corrected chi connectivity index (χ4v) is 3.73. The SMILES string of the molecule is N#Cc1ccccc1CSCCNC(=O)c1cccnc1N1CCOCC1. The Labute approximate surface area is 163 Å². The first-order chi connectivity index (χ1) is 13.3. The lowest BCUT2D eigenvalue weighted by molar-refractivity contribution is 0.0954. The number of benzene rings is 1. The monoisotopic (exact) mass is 382 g/mol. The molecule has 0 aliphatic carbocycles. The Hall–Kier alpha value is -2.56. The van der Waals surface area contributed by atoms with Crippen molar-refractivity contribution in [1.82, 2.24) is 10.3 Å². The number of carbonyl (C=O) groups is 1. The molecule has 27 heavy (non-hydrogen) atoms. The number of nitrogens with zero attached hydrogens (tertiary/aromatic N) is 3. The lowest BCUT2D eigenvalue weighted by atomic mass is 10.1. The van der Waals surface area contributed by atoms with Crippen molar-refractivity contribution in [3.63, 3.8) is 0 Å². The molecule has 7 heteroatoms. The average Bonchev–Trinajstić information content (AvgIpc) is 2.74. The first-order valence-electron chi connectivity index (χ1n) is 8.91. The zero-order valence-electron chi connectivity index (χ0n) is 15.1. The summed E-state index contributed by atoms with van der Waals surface area (Å²) in [6.45, 7) is 3.35. The number of anilines is 1. The van der Waals surface area contributed by atoms with Crippen molar-refractivity contribution in [1.29, 1.82) is 5.26 Å². The number of aromatic nitrogens is 1. The molecule has 1 N–H and O–H groups in total. The van der Waals surface area contributed by atoms with Crippen LogP contribution in [0.4, 0.5) is 5.82 Å². The van der Waals surface area contributed by atoms with Crippen LogP contribution in [0.3, 0.4) is 0 Å². The van der Waals surface area contributed by atoms with Gasteiger partial charge in [-0.25, -0.2) is 4.98 Å². The van der Waals surface area contributed by atoms with Crippen molar-refractivity contribution in [2.45, 2.75) is 5.75 Å². The van der Waals surface area contributed by atoms with E-state index in [2.05, 4.69) is 21.3 Å². The quantitative estimate of drug-likeness (QED) is 0.741. The van der Waals surface area contributed by atoms with Crippen molar-refractivity contribution < 1.29 is 9.53 Å². The molecule has 0 radical (unpaired) electrons. The standard InChI is InChI=1S/C20H22N4O2S/c21-14-16-4-1-2-5-17(16)15-27-13-8-23-20(25)18-6-3-7-22-19(18)24-9-11-26-12-10-24/h1-7H,8-13,15H2,(H,23,25). The summed E-state index contributed by atoms with van der Waals surface area (Å²) in [6.07, 6.45) is 1.71. The van der Waals surface area contributed by atoms with E-state index in [-0.39, 0.29) is 5.91 Å². The maximum atomic E-state index is 12.6. The van der Waals surface area contributed by atoms with Gasteiger partial charge in [0, 0.05) is 37.3 Å². The van der Waals surface area contributed by atoms with E-state index in [4.69, 9.17) is 10.00 Å². The van der Waals surface area contributed by atoms with Gasteiger partial charge in [0.2, 0.25) is 0 Å². The number of hydrogen-bond acceptors (Lipinski definition) is 6. The third-order valence-electron chi connectivity index (χ3n) is 4.27. The highest BCUT2D eigenvalue weighted by atomic mass is 32.2. The Morgan fingerprint density at radius 3 is 2.89 bits per heavy atom. The minimum atomic E-state index is -0.109. The van der Waals surface area contributed by atoms with Gasteiger partial charge in [0.15, 0.2) is 0 Å². The van der Waals surface area contributed by atoms with E-state index in [1.807, 2.05) is 30.3 Å². The maximum absolute atomic E-state index is 12.6. The van der Waals surface area contributed by atoms with E-state index in [9.17, 15) is 4.79 Å². The van der Waals surface area contributed by atoms with E-state index in [1.165, 1.54) is 0 Å². The number of carbonyl (C=O) groups excluding carboxylic acids is 1. The van der Waals surface area contributed by atoms with E-state index >= 15 is 0 Å². The molecule has 2 heterocycles. The fourth-order valence-electron chi connectivity index (χ4n) is 2.87. The van der Waals surface area contributed by atoms with Crippen LogP contribution in [0, 0.1) is 11.3 Å². The second-order valence-electron chi connectivity index (χ2n) is 6.05. The molecular formula is C20H22N4O2S. The minimum Gasteiger partial charge on any atom is -0.378 e. The molecule has 1 aliphatic rings. The number of nitrogens with one attached hydrogen (secondary N) is 1. The molecule has 1 aromatic carbocycles. The van der Waals surface area contributed by atoms with Crippen LogP contribution >= 0.6 is 11.8 Å². The molecule has 2 aromatic rings. The Morgan fingerprint density at radius 2 is 2.07 bits per heavy atom. The molecular weight excluding hydrogens is 360 g/mol. The molecule has 1 aliphatic heterocycles. The molecule has 0 spiro atoms. The van der Waals surface area contributed by atoms with Crippen molar-refractivity contribution in [3.8, 4) is 6.07 Å². The summed E-state index contributed by atoms with van der Waals surface area (Å²) in [4.78, 5) is 19.1. The highest BCUT2D eigenvalue weighted by Gasteiger charge is 2.19. The van der Waals surface area contributed by atoms with Gasteiger partial charge in [0.05, 0.1) is 30.4 Å². The van der Waals surface area contributed by atoms with Crippen molar-refractivity contribution in [3.05, 3.63) is 59.3 Å². The number of nitriles is 1. The summed E-state index contributed by atoms with van der Waals surface area (Å²) >= 11 is 1.70. The third-order valence-corrected chi connectivity index (χ3v) is 5.28. The molecule has 1 amide bonds. The lowest BCUT2D eigenvalue weighted by Gasteiger charge is -2.29. The second kappa shape index (κ2) is 9.95. The van der Waals surface area contributed by atoms with E-state index in [1.54, 1.807) is 24.0 Å². The predicted octanol–water partition coefficient (Wildman–Crippen LogP) is 2.45. The summed E-state index contributed by atoms with van der Waals surface area (Å²) in [5.41, 5.74) is 2.33. The summed E-state index contributed by atoms with van der Waals surface area (Å²) in [5.74, 6) is 2.14. The van der Waals surface area contributed by atoms with Crippen molar-refractivity contribution >= 4 is 23.5 Å². The summed E-state index contributed by atoms with van der Waals surface area (Å²) in [5, 5.41) is 12.1. The summed E-state index contributed by atoms with van der Waals surface area (Å²) in [7, 11) is 0. The van der Waals surface area contributed by atoms with Gasteiger partial charge >= 0.3 is 0 Å². The largest absolute Gasteiger partial charge is 0.378 e. The first-order valence-corrected chi connectivity index (χ1v) is 10.1. The number of ether oxygens (including phenoxy) is 1. The van der Waals surface area contributed by atoms with Gasteiger partial charge < -0.3 is 15.0 Å². The van der Waals surface area contributed by atoms with Gasteiger partial charge in [-0.1, -0.05) is 18.2 Å². The average molecular weight is 382 g/mol. The van der Waals surface area contributed by atoms with E-state index in [0.717, 1.165) is 30.2 Å². The summed E-state index contributed by atoms with van der Waals surface area (Å²) < 4.78 is 5.37. The van der Waals surface area contributed by atoms with Gasteiger partial charge in [0.1, 0.15) is 5.82 Å². The Bertz CT molecular complexity index is 816. The molecule has 0 atom stereocenters. The second-order valence-corrected chi connectivity index (χ2v) is 7.16. The molecule has 140 valence electrons. The van der Waals surface area contributed by atoms with Crippen LogP contribution in [0.5, 0.6) is 0 Å². The zero-order valence-corrected chi connectivity index (χ0v) is 15.9. The van der Waals surface area contributed by atoms with Gasteiger partial charge in [0.25, 0.3) is 5.91 Å². The molecule has 1 fully saturated rings. The predicted molar refractivity (Wildman–Crippen MR) is 107 cm³/mol. The van der Waals surface area contributed by atoms with Crippen molar-refractivity contribution in [2.75, 3.05) is 43.5 Å². The maximum Gasteiger partial charge on any atom is 0.255 e. The molecule has 1 aromatic heterocycles. The third kappa shape index (κ3) is 5.22.